The number of carbonyl (C=O) groups excluding carboxylic acids is 2. The lowest BCUT2D eigenvalue weighted by atomic mass is 10.0. The molecule has 0 saturated carbocycles. The summed E-state index contributed by atoms with van der Waals surface area (Å²) in [5.41, 5.74) is 2.35. The third kappa shape index (κ3) is 4.30. The summed E-state index contributed by atoms with van der Waals surface area (Å²) in [6.45, 7) is 0.968. The van der Waals surface area contributed by atoms with Gasteiger partial charge in [-0.25, -0.2) is 10.3 Å². The molecule has 2 bridgehead atoms. The summed E-state index contributed by atoms with van der Waals surface area (Å²) in [6, 6.07) is -2.15. The van der Waals surface area contributed by atoms with Crippen LogP contribution in [0.5, 0.6) is 0 Å². The maximum Gasteiger partial charge on any atom is 0.418 e. The van der Waals surface area contributed by atoms with Gasteiger partial charge in [-0.1, -0.05) is 0 Å². The van der Waals surface area contributed by atoms with Gasteiger partial charge >= 0.3 is 16.4 Å². The first-order chi connectivity index (χ1) is 13.8. The molecule has 4 atom stereocenters. The van der Waals surface area contributed by atoms with Gasteiger partial charge in [-0.3, -0.25) is 14.2 Å². The number of urea groups is 1. The quantitative estimate of drug-likeness (QED) is 0.309. The molecular formula is C13H20N8O7S. The Hall–Kier alpha value is -2.40. The summed E-state index contributed by atoms with van der Waals surface area (Å²) >= 11 is 0. The van der Waals surface area contributed by atoms with Crippen molar-refractivity contribution in [2.24, 2.45) is 0 Å². The van der Waals surface area contributed by atoms with E-state index in [9.17, 15) is 18.0 Å². The van der Waals surface area contributed by atoms with Crippen molar-refractivity contribution in [1.29, 1.82) is 0 Å². The normalized spacial score (nSPS) is 29.5. The van der Waals surface area contributed by atoms with E-state index in [1.165, 1.54) is 16.0 Å². The van der Waals surface area contributed by atoms with Crippen LogP contribution in [0.1, 0.15) is 25.3 Å². The van der Waals surface area contributed by atoms with Gasteiger partial charge in [0.15, 0.2) is 6.33 Å². The summed E-state index contributed by atoms with van der Waals surface area (Å²) in [5.74, 6) is -0.516. The van der Waals surface area contributed by atoms with E-state index in [1.54, 1.807) is 0 Å². The topological polar surface area (TPSA) is 181 Å². The van der Waals surface area contributed by atoms with Crippen LogP contribution in [0, 0.1) is 0 Å². The zero-order chi connectivity index (χ0) is 20.6. The van der Waals surface area contributed by atoms with E-state index in [0.717, 1.165) is 0 Å². The molecular weight excluding hydrogens is 412 g/mol. The highest BCUT2D eigenvalue weighted by molar-refractivity contribution is 7.80. The number of hydroxylamine groups is 3. The Morgan fingerprint density at radius 1 is 1.38 bits per heavy atom. The first-order valence-corrected chi connectivity index (χ1v) is 10.3. The van der Waals surface area contributed by atoms with Gasteiger partial charge in [-0.05, 0) is 24.5 Å². The van der Waals surface area contributed by atoms with Gasteiger partial charge in [-0.15, -0.1) is 14.5 Å². The largest absolute Gasteiger partial charge is 0.418 e. The number of nitrogens with one attached hydrogen (secondary N) is 2. The summed E-state index contributed by atoms with van der Waals surface area (Å²) in [4.78, 5) is 32.8. The first-order valence-electron chi connectivity index (χ1n) is 8.96. The van der Waals surface area contributed by atoms with Crippen LogP contribution in [-0.2, 0) is 24.3 Å². The molecule has 16 heteroatoms. The number of hydrogen-bond acceptors (Lipinski definition) is 10. The second kappa shape index (κ2) is 7.79. The Bertz CT molecular complexity index is 865. The van der Waals surface area contributed by atoms with Gasteiger partial charge in [0.25, 0.3) is 5.91 Å². The van der Waals surface area contributed by atoms with Gasteiger partial charge in [0.1, 0.15) is 6.04 Å². The van der Waals surface area contributed by atoms with Crippen molar-refractivity contribution in [2.45, 2.75) is 43.4 Å². The SMILES string of the molecule is O=C(NOCC1C[C@H](n2ncnn2)CN1)[C@@H]1CC[C@@H]2CN1C(=O)N2OS(=O)(=O)O. The first kappa shape index (κ1) is 19.9. The van der Waals surface area contributed by atoms with E-state index >= 15 is 0 Å². The Labute approximate surface area is 165 Å². The summed E-state index contributed by atoms with van der Waals surface area (Å²) < 4.78 is 34.9. The summed E-state index contributed by atoms with van der Waals surface area (Å²) in [7, 11) is -4.83. The number of rotatable bonds is 7. The van der Waals surface area contributed by atoms with Crippen LogP contribution in [0.3, 0.4) is 0 Å². The van der Waals surface area contributed by atoms with Gasteiger partial charge in [0.05, 0.1) is 18.7 Å². The minimum Gasteiger partial charge on any atom is -0.309 e. The van der Waals surface area contributed by atoms with Crippen molar-refractivity contribution < 1.29 is 31.7 Å². The highest BCUT2D eigenvalue weighted by Gasteiger charge is 2.49. The van der Waals surface area contributed by atoms with E-state index in [1.807, 2.05) is 0 Å². The number of piperidine rings is 1. The Morgan fingerprint density at radius 2 is 2.21 bits per heavy atom. The van der Waals surface area contributed by atoms with Crippen molar-refractivity contribution in [2.75, 3.05) is 19.7 Å². The molecule has 3 saturated heterocycles. The van der Waals surface area contributed by atoms with E-state index in [0.29, 0.717) is 30.9 Å². The molecule has 1 aromatic heterocycles. The van der Waals surface area contributed by atoms with E-state index in [4.69, 9.17) is 9.39 Å². The second-order valence-electron chi connectivity index (χ2n) is 7.04. The lowest BCUT2D eigenvalue weighted by Crippen LogP contribution is -2.50. The molecule has 3 fully saturated rings. The molecule has 29 heavy (non-hydrogen) atoms. The van der Waals surface area contributed by atoms with E-state index in [2.05, 4.69) is 30.5 Å². The molecule has 0 spiro atoms. The Morgan fingerprint density at radius 3 is 2.93 bits per heavy atom. The van der Waals surface area contributed by atoms with Crippen molar-refractivity contribution in [3.63, 3.8) is 0 Å². The van der Waals surface area contributed by atoms with Crippen molar-refractivity contribution in [1.82, 2.24) is 41.0 Å². The van der Waals surface area contributed by atoms with Crippen molar-refractivity contribution in [3.05, 3.63) is 6.33 Å². The van der Waals surface area contributed by atoms with Gasteiger partial charge in [-0.2, -0.15) is 18.3 Å². The molecule has 15 nitrogen and oxygen atoms in total. The fourth-order valence-electron chi connectivity index (χ4n) is 3.83. The lowest BCUT2D eigenvalue weighted by molar-refractivity contribution is -0.139. The molecule has 0 radical (unpaired) electrons. The smallest absolute Gasteiger partial charge is 0.309 e. The minimum absolute atomic E-state index is 0.0193. The molecule has 3 aliphatic heterocycles. The standard InChI is InChI=1S/C13H20N8O7S/c22-12(17-27-6-8-3-10(4-14-8)21-16-7-15-18-21)11-2-1-9-5-19(11)13(23)20(9)28-29(24,25)26/h7-11,14H,1-6H2,(H,17,22)(H,24,25,26)/t8?,9-,10+,11+/m1/s1. The summed E-state index contributed by atoms with van der Waals surface area (Å²) in [5, 5.41) is 15.4. The van der Waals surface area contributed by atoms with Gasteiger partial charge < -0.3 is 10.2 Å². The molecule has 1 aromatic rings. The number of hydrogen-bond donors (Lipinski definition) is 3. The van der Waals surface area contributed by atoms with Crippen LogP contribution in [-0.4, -0.2) is 92.9 Å². The number of nitrogens with zero attached hydrogens (tertiary/aromatic N) is 6. The number of aromatic nitrogens is 4. The zero-order valence-corrected chi connectivity index (χ0v) is 15.9. The van der Waals surface area contributed by atoms with Gasteiger partial charge in [0.2, 0.25) is 0 Å². The molecule has 3 aliphatic rings. The van der Waals surface area contributed by atoms with Crippen LogP contribution in [0.4, 0.5) is 4.79 Å². The van der Waals surface area contributed by atoms with Crippen LogP contribution in [0.25, 0.3) is 0 Å². The van der Waals surface area contributed by atoms with Crippen molar-refractivity contribution >= 4 is 22.3 Å². The molecule has 0 aromatic carbocycles. The monoisotopic (exact) mass is 432 g/mol. The Balaban J connectivity index is 1.25. The maximum absolute atomic E-state index is 12.4. The van der Waals surface area contributed by atoms with Crippen LogP contribution < -0.4 is 10.8 Å². The fraction of sp³-hybridized carbons (Fsp3) is 0.769. The predicted molar refractivity (Wildman–Crippen MR) is 90.7 cm³/mol. The minimum atomic E-state index is -4.83. The van der Waals surface area contributed by atoms with Crippen LogP contribution in [0.15, 0.2) is 6.33 Å². The van der Waals surface area contributed by atoms with E-state index < -0.39 is 34.4 Å². The lowest BCUT2D eigenvalue weighted by Gasteiger charge is -2.29. The molecule has 4 heterocycles. The summed E-state index contributed by atoms with van der Waals surface area (Å²) in [6.07, 6.45) is 2.70. The molecule has 1 unspecified atom stereocenters. The molecule has 4 rings (SSSR count). The third-order valence-electron chi connectivity index (χ3n) is 5.15. The zero-order valence-electron chi connectivity index (χ0n) is 15.1. The van der Waals surface area contributed by atoms with E-state index in [-0.39, 0.29) is 25.2 Å². The predicted octanol–water partition coefficient (Wildman–Crippen LogP) is -2.37. The average Bonchev–Trinajstić information content (AvgIpc) is 3.39. The Kier molecular flexibility index (Phi) is 5.34. The van der Waals surface area contributed by atoms with Gasteiger partial charge in [0, 0.05) is 19.1 Å². The average molecular weight is 432 g/mol. The number of tetrazole rings is 1. The maximum atomic E-state index is 12.4. The van der Waals surface area contributed by atoms with Crippen molar-refractivity contribution in [3.8, 4) is 0 Å². The third-order valence-corrected chi connectivity index (χ3v) is 5.50. The molecule has 3 amide bonds. The van der Waals surface area contributed by atoms with Crippen LogP contribution in [0.2, 0.25) is 0 Å². The highest BCUT2D eigenvalue weighted by Crippen LogP contribution is 2.30. The molecule has 3 N–H and O–H groups in total. The molecule has 0 aliphatic carbocycles. The molecule has 160 valence electrons. The number of fused-ring (bicyclic) bond motifs is 2. The number of amides is 3. The fourth-order valence-corrected chi connectivity index (χ4v) is 4.22. The van der Waals surface area contributed by atoms with Crippen LogP contribution >= 0.6 is 0 Å². The second-order valence-corrected chi connectivity index (χ2v) is 8.04. The highest BCUT2D eigenvalue weighted by atomic mass is 32.3. The number of carbonyl (C=O) groups is 2.